The predicted molar refractivity (Wildman–Crippen MR) is 176 cm³/mol. The molecule has 0 radical (unpaired) electrons. The lowest BCUT2D eigenvalue weighted by atomic mass is 9.81. The summed E-state index contributed by atoms with van der Waals surface area (Å²) in [4.78, 5) is 17.7. The van der Waals surface area contributed by atoms with Gasteiger partial charge in [0.15, 0.2) is 0 Å². The second-order valence-corrected chi connectivity index (χ2v) is 12.7. The van der Waals surface area contributed by atoms with Crippen LogP contribution in [-0.2, 0) is 4.74 Å². The maximum atomic E-state index is 6.55. The molecule has 0 bridgehead atoms. The third-order valence-electron chi connectivity index (χ3n) is 8.35. The molecule has 1 aromatic heterocycles. The Kier molecular flexibility index (Phi) is 13.2. The molecule has 1 fully saturated rings. The Hall–Kier alpha value is -1.73. The standard InChI is InChI=1S/C33H53BrN4O2.H2/c1-8-12-14-15-18-33(7,17-13-9-2)23-40-32-36-29-25(6)28(34)30(35-24(5)10-3)26(11-4)27(29)31(37-32)38-19-16-21-39-22-20-38;/h11,24H,8-10,12-23H2,1-7H3;1H/b26-11-,35-30?;. The maximum absolute atomic E-state index is 6.55. The lowest BCUT2D eigenvalue weighted by Crippen LogP contribution is -2.31. The van der Waals surface area contributed by atoms with Crippen LogP contribution in [0, 0.1) is 5.41 Å². The largest absolute Gasteiger partial charge is 0.463 e. The number of ether oxygens (including phenoxy) is 2. The molecule has 2 aliphatic rings. The number of allylic oxidation sites excluding steroid dienone is 4. The molecule has 0 spiro atoms. The van der Waals surface area contributed by atoms with E-state index in [4.69, 9.17) is 24.4 Å². The van der Waals surface area contributed by atoms with Gasteiger partial charge in [0, 0.05) is 42.6 Å². The molecular formula is C33H55BrN4O2. The Morgan fingerprint density at radius 2 is 1.85 bits per heavy atom. The van der Waals surface area contributed by atoms with Crippen molar-refractivity contribution in [2.45, 2.75) is 119 Å². The maximum Gasteiger partial charge on any atom is 0.318 e. The summed E-state index contributed by atoms with van der Waals surface area (Å²) in [7, 11) is 0. The second kappa shape index (κ2) is 16.1. The van der Waals surface area contributed by atoms with Crippen molar-refractivity contribution in [3.63, 3.8) is 0 Å². The number of hydrogen-bond acceptors (Lipinski definition) is 6. The van der Waals surface area contributed by atoms with Crippen molar-refractivity contribution in [2.75, 3.05) is 37.8 Å². The van der Waals surface area contributed by atoms with Crippen LogP contribution in [-0.4, -0.2) is 54.6 Å². The molecule has 1 saturated heterocycles. The van der Waals surface area contributed by atoms with Gasteiger partial charge in [0.05, 0.1) is 30.2 Å². The molecular weight excluding hydrogens is 564 g/mol. The van der Waals surface area contributed by atoms with Crippen molar-refractivity contribution in [1.82, 2.24) is 9.97 Å². The zero-order chi connectivity index (χ0) is 29.1. The van der Waals surface area contributed by atoms with E-state index < -0.39 is 0 Å². The van der Waals surface area contributed by atoms with E-state index in [9.17, 15) is 0 Å². The van der Waals surface area contributed by atoms with Crippen molar-refractivity contribution >= 4 is 38.6 Å². The van der Waals surface area contributed by atoms with E-state index in [-0.39, 0.29) is 12.9 Å². The van der Waals surface area contributed by atoms with Crippen molar-refractivity contribution in [2.24, 2.45) is 10.4 Å². The molecule has 0 amide bonds. The molecule has 6 nitrogen and oxygen atoms in total. The Balaban J connectivity index is 0.00000588. The average Bonchev–Trinajstić information content (AvgIpc) is 3.25. The smallest absolute Gasteiger partial charge is 0.318 e. The van der Waals surface area contributed by atoms with E-state index in [1.807, 2.05) is 0 Å². The minimum atomic E-state index is 0. The summed E-state index contributed by atoms with van der Waals surface area (Å²) in [6.07, 6.45) is 14.0. The van der Waals surface area contributed by atoms with Crippen LogP contribution in [0.15, 0.2) is 15.6 Å². The molecule has 3 rings (SSSR count). The van der Waals surface area contributed by atoms with Gasteiger partial charge in [-0.25, -0.2) is 0 Å². The molecule has 40 heavy (non-hydrogen) atoms. The number of aliphatic imine (C=N–C) groups is 1. The van der Waals surface area contributed by atoms with Gasteiger partial charge < -0.3 is 14.4 Å². The number of hydrogen-bond donors (Lipinski definition) is 0. The van der Waals surface area contributed by atoms with Gasteiger partial charge in [-0.15, -0.1) is 0 Å². The zero-order valence-electron chi connectivity index (χ0n) is 26.2. The summed E-state index contributed by atoms with van der Waals surface area (Å²) < 4.78 is 13.4. The summed E-state index contributed by atoms with van der Waals surface area (Å²) >= 11 is 3.90. The average molecular weight is 620 g/mol. The molecule has 0 saturated carbocycles. The van der Waals surface area contributed by atoms with Gasteiger partial charge in [0.1, 0.15) is 5.82 Å². The van der Waals surface area contributed by atoms with Gasteiger partial charge in [-0.3, -0.25) is 4.99 Å². The molecule has 2 atom stereocenters. The van der Waals surface area contributed by atoms with Crippen molar-refractivity contribution in [3.8, 4) is 6.01 Å². The molecule has 7 heteroatoms. The topological polar surface area (TPSA) is 59.8 Å². The number of nitrogens with zero attached hydrogens (tertiary/aromatic N) is 4. The van der Waals surface area contributed by atoms with Crippen LogP contribution in [0.3, 0.4) is 0 Å². The Labute approximate surface area is 253 Å². The highest BCUT2D eigenvalue weighted by molar-refractivity contribution is 9.12. The van der Waals surface area contributed by atoms with Gasteiger partial charge in [-0.05, 0) is 68.0 Å². The lowest BCUT2D eigenvalue weighted by molar-refractivity contribution is 0.125. The number of aromatic nitrogens is 2. The summed E-state index contributed by atoms with van der Waals surface area (Å²) in [5.74, 6) is 0.938. The van der Waals surface area contributed by atoms with E-state index in [1.165, 1.54) is 51.4 Å². The minimum Gasteiger partial charge on any atom is -0.463 e. The molecule has 1 aromatic rings. The number of rotatable bonds is 14. The minimum absolute atomic E-state index is 0. The summed E-state index contributed by atoms with van der Waals surface area (Å²) in [5.41, 5.74) is 5.28. The van der Waals surface area contributed by atoms with E-state index in [0.29, 0.717) is 19.2 Å². The Bertz CT molecular complexity index is 1070. The zero-order valence-corrected chi connectivity index (χ0v) is 27.8. The number of unbranched alkanes of at least 4 members (excludes halogenated alkanes) is 4. The first kappa shape index (κ1) is 32.8. The van der Waals surface area contributed by atoms with E-state index in [1.54, 1.807) is 0 Å². The normalized spacial score (nSPS) is 20.4. The van der Waals surface area contributed by atoms with Crippen molar-refractivity contribution in [1.29, 1.82) is 0 Å². The highest BCUT2D eigenvalue weighted by atomic mass is 79.9. The summed E-state index contributed by atoms with van der Waals surface area (Å²) in [5, 5.41) is 0. The van der Waals surface area contributed by atoms with Crippen LogP contribution in [0.2, 0.25) is 0 Å². The van der Waals surface area contributed by atoms with E-state index in [2.05, 4.69) is 75.4 Å². The fraction of sp³-hybridized carbons (Fsp3) is 0.727. The van der Waals surface area contributed by atoms with Gasteiger partial charge in [0.2, 0.25) is 0 Å². The van der Waals surface area contributed by atoms with Gasteiger partial charge in [-0.1, -0.05) is 72.3 Å². The Morgan fingerprint density at radius 1 is 1.10 bits per heavy atom. The van der Waals surface area contributed by atoms with Crippen LogP contribution in [0.4, 0.5) is 5.82 Å². The monoisotopic (exact) mass is 618 g/mol. The number of anilines is 1. The third kappa shape index (κ3) is 8.40. The van der Waals surface area contributed by atoms with Crippen LogP contribution in [0.5, 0.6) is 6.01 Å². The van der Waals surface area contributed by atoms with Gasteiger partial charge in [-0.2, -0.15) is 9.97 Å². The van der Waals surface area contributed by atoms with E-state index >= 15 is 0 Å². The number of halogens is 1. The SMILES string of the molecule is C/C=C1\C(=NC(C)CC)C(Br)=C(C)c2nc(OCC(C)(CCCC)CCCCCC)nc(N3CCCOCC3)c21.[HH]. The highest BCUT2D eigenvalue weighted by Crippen LogP contribution is 2.43. The van der Waals surface area contributed by atoms with Crippen LogP contribution in [0.25, 0.3) is 11.1 Å². The molecule has 1 aliphatic heterocycles. The number of fused-ring (bicyclic) bond motifs is 1. The molecule has 0 aromatic carbocycles. The van der Waals surface area contributed by atoms with E-state index in [0.717, 1.165) is 71.0 Å². The van der Waals surface area contributed by atoms with Crippen LogP contribution in [0.1, 0.15) is 125 Å². The fourth-order valence-corrected chi connectivity index (χ4v) is 6.03. The first-order valence-corrected chi connectivity index (χ1v) is 16.6. The van der Waals surface area contributed by atoms with Crippen LogP contribution >= 0.6 is 15.9 Å². The first-order chi connectivity index (χ1) is 19.3. The van der Waals surface area contributed by atoms with Crippen molar-refractivity contribution in [3.05, 3.63) is 21.8 Å². The summed E-state index contributed by atoms with van der Waals surface area (Å²) in [6.45, 7) is 19.3. The molecule has 2 unspecified atom stereocenters. The molecule has 2 heterocycles. The first-order valence-electron chi connectivity index (χ1n) is 15.8. The third-order valence-corrected chi connectivity index (χ3v) is 9.32. The predicted octanol–water partition coefficient (Wildman–Crippen LogP) is 9.28. The quantitative estimate of drug-likeness (QED) is 0.194. The fourth-order valence-electron chi connectivity index (χ4n) is 5.53. The van der Waals surface area contributed by atoms with Crippen LogP contribution < -0.4 is 9.64 Å². The summed E-state index contributed by atoms with van der Waals surface area (Å²) in [6, 6.07) is 0.705. The second-order valence-electron chi connectivity index (χ2n) is 11.9. The van der Waals surface area contributed by atoms with Gasteiger partial charge >= 0.3 is 6.01 Å². The molecule has 226 valence electrons. The van der Waals surface area contributed by atoms with Gasteiger partial charge in [0.25, 0.3) is 0 Å². The highest BCUT2D eigenvalue weighted by Gasteiger charge is 2.33. The lowest BCUT2D eigenvalue weighted by Gasteiger charge is -2.32. The molecule has 0 N–H and O–H groups in total. The van der Waals surface area contributed by atoms with Crippen molar-refractivity contribution < 1.29 is 10.9 Å². The Morgan fingerprint density at radius 3 is 2.55 bits per heavy atom. The molecule has 1 aliphatic carbocycles.